The van der Waals surface area contributed by atoms with E-state index in [4.69, 9.17) is 0 Å². The lowest BCUT2D eigenvalue weighted by Crippen LogP contribution is -2.14. The lowest BCUT2D eigenvalue weighted by Gasteiger charge is -2.22. The lowest BCUT2D eigenvalue weighted by atomic mass is 9.81. The Morgan fingerprint density at radius 1 is 0.610 bits per heavy atom. The summed E-state index contributed by atoms with van der Waals surface area (Å²) < 4.78 is 1.04. The Kier molecular flexibility index (Phi) is 5.02. The molecule has 4 heteroatoms. The summed E-state index contributed by atoms with van der Waals surface area (Å²) in [7, 11) is 0. The standard InChI is InChI=1S/C37H24BrNO2/c1-37(2)31-6-4-3-5-26(31)27-14-10-24(20-32(27)37)23-12-18-34(39(40)41)30(19-23)25-13-9-21-7-8-22-11-17-33(38)29-16-15-28(25)35(21)36(22)29/h3-20H,1-2H3. The lowest BCUT2D eigenvalue weighted by molar-refractivity contribution is -0.384. The average Bonchev–Trinajstić information content (AvgIpc) is 3.22. The van der Waals surface area contributed by atoms with Crippen LogP contribution in [-0.2, 0) is 5.41 Å². The maximum absolute atomic E-state index is 12.3. The molecule has 196 valence electrons. The van der Waals surface area contributed by atoms with Gasteiger partial charge in [-0.1, -0.05) is 109 Å². The van der Waals surface area contributed by atoms with Crippen LogP contribution in [0.4, 0.5) is 5.69 Å². The maximum atomic E-state index is 12.3. The third kappa shape index (κ3) is 3.37. The largest absolute Gasteiger partial charge is 0.277 e. The van der Waals surface area contributed by atoms with Crippen LogP contribution in [-0.4, -0.2) is 4.92 Å². The fourth-order valence-corrected chi connectivity index (χ4v) is 7.44. The predicted molar refractivity (Wildman–Crippen MR) is 173 cm³/mol. The summed E-state index contributed by atoms with van der Waals surface area (Å²) in [4.78, 5) is 12.1. The van der Waals surface area contributed by atoms with Crippen LogP contribution < -0.4 is 0 Å². The van der Waals surface area contributed by atoms with Crippen molar-refractivity contribution in [2.45, 2.75) is 19.3 Å². The number of halogens is 1. The van der Waals surface area contributed by atoms with Gasteiger partial charge < -0.3 is 0 Å². The molecule has 0 N–H and O–H groups in total. The van der Waals surface area contributed by atoms with Gasteiger partial charge >= 0.3 is 0 Å². The molecule has 0 aromatic heterocycles. The predicted octanol–water partition coefficient (Wildman–Crippen LogP) is 10.9. The van der Waals surface area contributed by atoms with E-state index in [1.165, 1.54) is 27.6 Å². The molecular formula is C37H24BrNO2. The molecule has 0 radical (unpaired) electrons. The smallest absolute Gasteiger partial charge is 0.258 e. The van der Waals surface area contributed by atoms with Gasteiger partial charge in [0, 0.05) is 16.0 Å². The first-order valence-corrected chi connectivity index (χ1v) is 14.5. The van der Waals surface area contributed by atoms with Crippen LogP contribution in [0.15, 0.2) is 114 Å². The first kappa shape index (κ1) is 24.3. The molecule has 0 amide bonds. The van der Waals surface area contributed by atoms with Gasteiger partial charge in [0.05, 0.1) is 10.5 Å². The first-order valence-electron chi connectivity index (χ1n) is 13.7. The van der Waals surface area contributed by atoms with Gasteiger partial charge in [-0.05, 0) is 95.5 Å². The number of nitro benzene ring substituents is 1. The molecule has 1 aliphatic carbocycles. The Bertz CT molecular complexity index is 2230. The molecule has 7 aromatic carbocycles. The number of rotatable bonds is 3. The summed E-state index contributed by atoms with van der Waals surface area (Å²) >= 11 is 3.72. The van der Waals surface area contributed by atoms with Crippen LogP contribution in [0.1, 0.15) is 25.0 Å². The van der Waals surface area contributed by atoms with Crippen molar-refractivity contribution in [1.82, 2.24) is 0 Å². The number of fused-ring (bicyclic) bond motifs is 3. The first-order chi connectivity index (χ1) is 19.8. The van der Waals surface area contributed by atoms with Gasteiger partial charge in [0.1, 0.15) is 0 Å². The molecule has 0 spiro atoms. The van der Waals surface area contributed by atoms with Gasteiger partial charge in [0.25, 0.3) is 5.69 Å². The monoisotopic (exact) mass is 593 g/mol. The fraction of sp³-hybridized carbons (Fsp3) is 0.0811. The molecule has 0 unspecified atom stereocenters. The molecule has 0 aliphatic heterocycles. The van der Waals surface area contributed by atoms with Crippen LogP contribution in [0.5, 0.6) is 0 Å². The molecule has 1 aliphatic rings. The summed E-state index contributed by atoms with van der Waals surface area (Å²) in [6.07, 6.45) is 0. The fourth-order valence-electron chi connectivity index (χ4n) is 6.97. The van der Waals surface area contributed by atoms with Crippen molar-refractivity contribution in [3.05, 3.63) is 135 Å². The molecule has 7 aromatic rings. The van der Waals surface area contributed by atoms with Crippen LogP contribution in [0.2, 0.25) is 0 Å². The second kappa shape index (κ2) is 8.48. The summed E-state index contributed by atoms with van der Waals surface area (Å²) in [5.74, 6) is 0. The molecule has 41 heavy (non-hydrogen) atoms. The summed E-state index contributed by atoms with van der Waals surface area (Å²) in [6.45, 7) is 4.54. The Morgan fingerprint density at radius 2 is 1.22 bits per heavy atom. The number of nitro groups is 1. The van der Waals surface area contributed by atoms with Crippen LogP contribution in [0.3, 0.4) is 0 Å². The number of benzene rings is 7. The van der Waals surface area contributed by atoms with Gasteiger partial charge in [0.15, 0.2) is 0 Å². The van der Waals surface area contributed by atoms with Crippen molar-refractivity contribution in [2.75, 3.05) is 0 Å². The number of hydrogen-bond acceptors (Lipinski definition) is 2. The highest BCUT2D eigenvalue weighted by molar-refractivity contribution is 9.10. The highest BCUT2D eigenvalue weighted by Gasteiger charge is 2.35. The van der Waals surface area contributed by atoms with Gasteiger partial charge in [-0.25, -0.2) is 0 Å². The molecular weight excluding hydrogens is 570 g/mol. The zero-order valence-corrected chi connectivity index (χ0v) is 24.1. The van der Waals surface area contributed by atoms with E-state index in [0.29, 0.717) is 5.56 Å². The zero-order chi connectivity index (χ0) is 28.0. The van der Waals surface area contributed by atoms with Crippen molar-refractivity contribution < 1.29 is 4.92 Å². The minimum Gasteiger partial charge on any atom is -0.258 e. The number of hydrogen-bond donors (Lipinski definition) is 0. The summed E-state index contributed by atoms with van der Waals surface area (Å²) in [5, 5.41) is 19.1. The van der Waals surface area contributed by atoms with E-state index in [0.717, 1.165) is 48.1 Å². The molecule has 0 atom stereocenters. The molecule has 0 heterocycles. The minimum atomic E-state index is -0.268. The Morgan fingerprint density at radius 3 is 2.02 bits per heavy atom. The zero-order valence-electron chi connectivity index (χ0n) is 22.5. The van der Waals surface area contributed by atoms with E-state index in [1.54, 1.807) is 6.07 Å². The third-order valence-corrected chi connectivity index (χ3v) is 9.70. The van der Waals surface area contributed by atoms with Crippen LogP contribution in [0.25, 0.3) is 65.7 Å². The maximum Gasteiger partial charge on any atom is 0.277 e. The third-order valence-electron chi connectivity index (χ3n) is 9.01. The molecule has 3 nitrogen and oxygen atoms in total. The molecule has 0 fully saturated rings. The van der Waals surface area contributed by atoms with E-state index < -0.39 is 0 Å². The van der Waals surface area contributed by atoms with E-state index >= 15 is 0 Å². The minimum absolute atomic E-state index is 0.110. The van der Waals surface area contributed by atoms with Gasteiger partial charge in [-0.15, -0.1) is 0 Å². The quantitative estimate of drug-likeness (QED) is 0.116. The molecule has 0 saturated carbocycles. The van der Waals surface area contributed by atoms with Crippen LogP contribution in [0, 0.1) is 10.1 Å². The van der Waals surface area contributed by atoms with Gasteiger partial charge in [0.2, 0.25) is 0 Å². The second-order valence-electron chi connectivity index (χ2n) is 11.5. The van der Waals surface area contributed by atoms with Gasteiger partial charge in [-0.2, -0.15) is 0 Å². The second-order valence-corrected chi connectivity index (χ2v) is 12.4. The van der Waals surface area contributed by atoms with Gasteiger partial charge in [-0.3, -0.25) is 10.1 Å². The van der Waals surface area contributed by atoms with Crippen molar-refractivity contribution in [1.29, 1.82) is 0 Å². The van der Waals surface area contributed by atoms with Crippen molar-refractivity contribution in [3.63, 3.8) is 0 Å². The molecule has 8 rings (SSSR count). The topological polar surface area (TPSA) is 43.1 Å². The summed E-state index contributed by atoms with van der Waals surface area (Å²) in [6, 6.07) is 37.6. The van der Waals surface area contributed by atoms with Crippen molar-refractivity contribution in [3.8, 4) is 33.4 Å². The molecule has 0 saturated heterocycles. The normalized spacial score (nSPS) is 13.6. The SMILES string of the molecule is CC1(C)c2ccccc2-c2ccc(-c3ccc([N+](=O)[O-])c(-c4ccc5ccc6ccc(Br)c7ccc4c5c67)c3)cc21. The van der Waals surface area contributed by atoms with Crippen LogP contribution >= 0.6 is 15.9 Å². The van der Waals surface area contributed by atoms with E-state index in [1.807, 2.05) is 18.2 Å². The Hall–Kier alpha value is -4.54. The van der Waals surface area contributed by atoms with E-state index in [2.05, 4.69) is 115 Å². The Labute approximate surface area is 245 Å². The molecule has 0 bridgehead atoms. The average molecular weight is 595 g/mol. The highest BCUT2D eigenvalue weighted by atomic mass is 79.9. The van der Waals surface area contributed by atoms with E-state index in [9.17, 15) is 10.1 Å². The van der Waals surface area contributed by atoms with Crippen molar-refractivity contribution in [2.24, 2.45) is 0 Å². The highest BCUT2D eigenvalue weighted by Crippen LogP contribution is 2.50. The van der Waals surface area contributed by atoms with Crippen molar-refractivity contribution >= 4 is 53.9 Å². The van der Waals surface area contributed by atoms with E-state index in [-0.39, 0.29) is 16.0 Å². The Balaban J connectivity index is 1.36. The summed E-state index contributed by atoms with van der Waals surface area (Å²) in [5.41, 5.74) is 8.67. The number of nitrogens with zero attached hydrogens (tertiary/aromatic N) is 1.